The van der Waals surface area contributed by atoms with Crippen molar-refractivity contribution in [2.75, 3.05) is 13.1 Å². The number of amides is 1. The largest absolute Gasteiger partial charge is 0.342 e. The molecule has 2 aromatic rings. The van der Waals surface area contributed by atoms with E-state index in [1.807, 2.05) is 11.2 Å². The molecule has 22 heavy (non-hydrogen) atoms. The first-order chi connectivity index (χ1) is 10.5. The lowest BCUT2D eigenvalue weighted by molar-refractivity contribution is -0.132. The monoisotopic (exact) mass is 299 g/mol. The average molecular weight is 299 g/mol. The number of likely N-dealkylation sites (tertiary alicyclic amines) is 1. The molecule has 1 unspecified atom stereocenters. The fraction of sp³-hybridized carbons (Fsp3) is 0.556. The number of fused-ring (bicyclic) bond motifs is 1. The molecule has 1 fully saturated rings. The summed E-state index contributed by atoms with van der Waals surface area (Å²) in [5, 5.41) is 0. The summed E-state index contributed by atoms with van der Waals surface area (Å²) < 4.78 is 2.16. The van der Waals surface area contributed by atoms with Crippen molar-refractivity contribution in [1.29, 1.82) is 0 Å². The van der Waals surface area contributed by atoms with E-state index in [4.69, 9.17) is 0 Å². The molecule has 1 aliphatic rings. The number of hydrogen-bond acceptors (Lipinski definition) is 2. The van der Waals surface area contributed by atoms with Crippen molar-refractivity contribution in [2.45, 2.75) is 46.1 Å². The molecule has 1 aromatic carbocycles. The number of imidazole rings is 1. The van der Waals surface area contributed by atoms with Crippen LogP contribution in [0.1, 0.15) is 45.2 Å². The number of benzene rings is 1. The molecule has 1 aliphatic heterocycles. The van der Waals surface area contributed by atoms with Crippen LogP contribution in [-0.2, 0) is 11.2 Å². The molecule has 4 nitrogen and oxygen atoms in total. The summed E-state index contributed by atoms with van der Waals surface area (Å²) in [5.41, 5.74) is 3.17. The van der Waals surface area contributed by atoms with Gasteiger partial charge in [0.1, 0.15) is 0 Å². The molecule has 0 bridgehead atoms. The summed E-state index contributed by atoms with van der Waals surface area (Å²) in [4.78, 5) is 19.0. The minimum atomic E-state index is 0.245. The van der Waals surface area contributed by atoms with Crippen LogP contribution < -0.4 is 0 Å². The van der Waals surface area contributed by atoms with Gasteiger partial charge in [-0.25, -0.2) is 4.98 Å². The molecular weight excluding hydrogens is 274 g/mol. The van der Waals surface area contributed by atoms with Crippen LogP contribution in [0.5, 0.6) is 0 Å². The van der Waals surface area contributed by atoms with Crippen LogP contribution in [0.3, 0.4) is 0 Å². The summed E-state index contributed by atoms with van der Waals surface area (Å²) in [6.07, 6.45) is 4.73. The predicted octanol–water partition coefficient (Wildman–Crippen LogP) is 3.42. The Hall–Kier alpha value is -1.84. The number of rotatable bonds is 3. The smallest absolute Gasteiger partial charge is 0.226 e. The van der Waals surface area contributed by atoms with E-state index in [2.05, 4.69) is 48.5 Å². The lowest BCUT2D eigenvalue weighted by atomic mass is 9.99. The van der Waals surface area contributed by atoms with Crippen molar-refractivity contribution in [3.05, 3.63) is 30.1 Å². The summed E-state index contributed by atoms with van der Waals surface area (Å²) in [7, 11) is 0. The summed E-state index contributed by atoms with van der Waals surface area (Å²) in [6.45, 7) is 8.34. The maximum absolute atomic E-state index is 12.5. The zero-order chi connectivity index (χ0) is 15.7. The van der Waals surface area contributed by atoms with Gasteiger partial charge in [0.2, 0.25) is 5.91 Å². The quantitative estimate of drug-likeness (QED) is 0.871. The third-order valence-electron chi connectivity index (χ3n) is 4.56. The van der Waals surface area contributed by atoms with Crippen LogP contribution in [0.4, 0.5) is 0 Å². The van der Waals surface area contributed by atoms with Gasteiger partial charge in [-0.15, -0.1) is 0 Å². The van der Waals surface area contributed by atoms with Crippen LogP contribution in [0, 0.1) is 5.92 Å². The van der Waals surface area contributed by atoms with Crippen LogP contribution in [0.25, 0.3) is 11.0 Å². The fourth-order valence-electron chi connectivity index (χ4n) is 3.30. The molecule has 1 saturated heterocycles. The first-order valence-corrected chi connectivity index (χ1v) is 8.28. The second-order valence-corrected chi connectivity index (χ2v) is 6.83. The van der Waals surface area contributed by atoms with Gasteiger partial charge in [0.15, 0.2) is 0 Å². The van der Waals surface area contributed by atoms with Crippen molar-refractivity contribution in [3.63, 3.8) is 0 Å². The molecule has 3 rings (SSSR count). The molecule has 1 amide bonds. The molecule has 0 radical (unpaired) electrons. The lowest BCUT2D eigenvalue weighted by Crippen LogP contribution is -2.39. The minimum absolute atomic E-state index is 0.245. The summed E-state index contributed by atoms with van der Waals surface area (Å²) >= 11 is 0. The number of hydrogen-bond donors (Lipinski definition) is 0. The standard InChI is InChI=1S/C18H25N3O/c1-13(2)21-12-19-16-9-15(6-7-17(16)21)10-18(22)20-8-4-5-14(3)11-20/h6-7,9,12-14H,4-5,8,10-11H2,1-3H3. The van der Waals surface area contributed by atoms with Crippen molar-refractivity contribution < 1.29 is 4.79 Å². The van der Waals surface area contributed by atoms with Gasteiger partial charge in [-0.3, -0.25) is 4.79 Å². The highest BCUT2D eigenvalue weighted by atomic mass is 16.2. The van der Waals surface area contributed by atoms with Crippen LogP contribution in [0.15, 0.2) is 24.5 Å². The second kappa shape index (κ2) is 6.11. The molecule has 1 atom stereocenters. The Balaban J connectivity index is 1.75. The zero-order valence-corrected chi connectivity index (χ0v) is 13.7. The Morgan fingerprint density at radius 1 is 1.41 bits per heavy atom. The Morgan fingerprint density at radius 2 is 2.23 bits per heavy atom. The molecule has 4 heteroatoms. The molecule has 2 heterocycles. The first-order valence-electron chi connectivity index (χ1n) is 8.28. The van der Waals surface area contributed by atoms with Gasteiger partial charge < -0.3 is 9.47 Å². The Labute approximate surface area is 132 Å². The van der Waals surface area contributed by atoms with Gasteiger partial charge in [0, 0.05) is 19.1 Å². The third kappa shape index (κ3) is 3.01. The predicted molar refractivity (Wildman–Crippen MR) is 88.8 cm³/mol. The van der Waals surface area contributed by atoms with Crippen molar-refractivity contribution in [1.82, 2.24) is 14.5 Å². The summed E-state index contributed by atoms with van der Waals surface area (Å²) in [6, 6.07) is 6.60. The van der Waals surface area contributed by atoms with Gasteiger partial charge in [0.25, 0.3) is 0 Å². The SMILES string of the molecule is CC1CCCN(C(=O)Cc2ccc3c(c2)ncn3C(C)C)C1. The highest BCUT2D eigenvalue weighted by molar-refractivity contribution is 5.82. The van der Waals surface area contributed by atoms with Gasteiger partial charge in [0.05, 0.1) is 23.8 Å². The average Bonchev–Trinajstić information content (AvgIpc) is 2.90. The van der Waals surface area contributed by atoms with Crippen molar-refractivity contribution in [3.8, 4) is 0 Å². The topological polar surface area (TPSA) is 38.1 Å². The Kier molecular flexibility index (Phi) is 4.19. The maximum atomic E-state index is 12.5. The van der Waals surface area contributed by atoms with Crippen molar-refractivity contribution in [2.24, 2.45) is 5.92 Å². The van der Waals surface area contributed by atoms with E-state index in [-0.39, 0.29) is 5.91 Å². The molecule has 118 valence electrons. The van der Waals surface area contributed by atoms with Gasteiger partial charge in [-0.05, 0) is 50.3 Å². The van der Waals surface area contributed by atoms with E-state index in [1.54, 1.807) is 0 Å². The summed E-state index contributed by atoms with van der Waals surface area (Å²) in [5.74, 6) is 0.871. The van der Waals surface area contributed by atoms with Crippen LogP contribution >= 0.6 is 0 Å². The number of nitrogens with zero attached hydrogens (tertiary/aromatic N) is 3. The van der Waals surface area contributed by atoms with Crippen LogP contribution in [-0.4, -0.2) is 33.4 Å². The number of piperidine rings is 1. The lowest BCUT2D eigenvalue weighted by Gasteiger charge is -2.31. The Bertz CT molecular complexity index is 674. The van der Waals surface area contributed by atoms with E-state index in [0.717, 1.165) is 36.1 Å². The molecule has 1 aromatic heterocycles. The highest BCUT2D eigenvalue weighted by Gasteiger charge is 2.21. The molecule has 0 saturated carbocycles. The first kappa shape index (κ1) is 15.1. The van der Waals surface area contributed by atoms with Gasteiger partial charge in [-0.2, -0.15) is 0 Å². The van der Waals surface area contributed by atoms with E-state index in [1.165, 1.54) is 6.42 Å². The van der Waals surface area contributed by atoms with E-state index < -0.39 is 0 Å². The minimum Gasteiger partial charge on any atom is -0.342 e. The zero-order valence-electron chi connectivity index (χ0n) is 13.7. The maximum Gasteiger partial charge on any atom is 0.226 e. The number of carbonyl (C=O) groups excluding carboxylic acids is 1. The van der Waals surface area contributed by atoms with E-state index in [9.17, 15) is 4.79 Å². The molecule has 0 aliphatic carbocycles. The number of aromatic nitrogens is 2. The normalized spacial score (nSPS) is 19.1. The van der Waals surface area contributed by atoms with Crippen molar-refractivity contribution >= 4 is 16.9 Å². The molecule has 0 N–H and O–H groups in total. The molecule has 0 spiro atoms. The van der Waals surface area contributed by atoms with E-state index >= 15 is 0 Å². The second-order valence-electron chi connectivity index (χ2n) is 6.83. The third-order valence-corrected chi connectivity index (χ3v) is 4.56. The Morgan fingerprint density at radius 3 is 2.95 bits per heavy atom. The van der Waals surface area contributed by atoms with Gasteiger partial charge >= 0.3 is 0 Å². The number of carbonyl (C=O) groups is 1. The van der Waals surface area contributed by atoms with E-state index in [0.29, 0.717) is 18.4 Å². The highest BCUT2D eigenvalue weighted by Crippen LogP contribution is 2.20. The fourth-order valence-corrected chi connectivity index (χ4v) is 3.30. The van der Waals surface area contributed by atoms with Crippen LogP contribution in [0.2, 0.25) is 0 Å². The molecular formula is C18H25N3O. The van der Waals surface area contributed by atoms with Gasteiger partial charge in [-0.1, -0.05) is 13.0 Å².